The van der Waals surface area contributed by atoms with Crippen LogP contribution in [-0.4, -0.2) is 22.2 Å². The van der Waals surface area contributed by atoms with E-state index in [1.807, 2.05) is 0 Å². The number of benzene rings is 1. The van der Waals surface area contributed by atoms with Gasteiger partial charge < -0.3 is 10.8 Å². The zero-order chi connectivity index (χ0) is 17.1. The molecule has 10 heteroatoms. The van der Waals surface area contributed by atoms with Gasteiger partial charge in [0.1, 0.15) is 10.8 Å². The fourth-order valence-electron chi connectivity index (χ4n) is 1.50. The lowest BCUT2D eigenvalue weighted by Gasteiger charge is -2.07. The zero-order valence-corrected chi connectivity index (χ0v) is 14.2. The molecule has 0 saturated heterocycles. The molecule has 23 heavy (non-hydrogen) atoms. The fraction of sp³-hybridized carbons (Fsp3) is 0. The number of nitrogen functional groups attached to an aromatic ring is 1. The number of hydrogen-bond acceptors (Lipinski definition) is 5. The molecule has 1 aromatic carbocycles. The molecule has 120 valence electrons. The van der Waals surface area contributed by atoms with Gasteiger partial charge in [0.25, 0.3) is 5.91 Å². The maximum Gasteiger partial charge on any atom is 0.291 e. The number of pyridine rings is 1. The normalized spacial score (nSPS) is 11.0. The third-order valence-electron chi connectivity index (χ3n) is 2.64. The highest BCUT2D eigenvalue weighted by Crippen LogP contribution is 2.34. The Balaban J connectivity index is 2.17. The molecule has 0 atom stereocenters. The van der Waals surface area contributed by atoms with Gasteiger partial charge in [0.2, 0.25) is 0 Å². The Bertz CT molecular complexity index is 811. The van der Waals surface area contributed by atoms with Crippen LogP contribution in [0.3, 0.4) is 0 Å². The van der Waals surface area contributed by atoms with Gasteiger partial charge in [-0.2, -0.15) is 5.10 Å². The summed E-state index contributed by atoms with van der Waals surface area (Å²) in [5, 5.41) is 12.9. The Morgan fingerprint density at radius 1 is 1.26 bits per heavy atom. The molecule has 0 unspecified atom stereocenters. The van der Waals surface area contributed by atoms with Crippen LogP contribution in [0, 0.1) is 0 Å². The highest BCUT2D eigenvalue weighted by atomic mass is 35.5. The number of aromatic nitrogens is 1. The first kappa shape index (κ1) is 17.6. The zero-order valence-electron chi connectivity index (χ0n) is 11.1. The first-order valence-electron chi connectivity index (χ1n) is 5.93. The highest BCUT2D eigenvalue weighted by molar-refractivity contribution is 6.46. The van der Waals surface area contributed by atoms with Crippen molar-refractivity contribution in [2.24, 2.45) is 5.10 Å². The molecule has 0 bridgehead atoms. The van der Waals surface area contributed by atoms with Crippen LogP contribution < -0.4 is 11.2 Å². The van der Waals surface area contributed by atoms with Gasteiger partial charge in [-0.05, 0) is 23.8 Å². The molecule has 2 rings (SSSR count). The molecule has 1 heterocycles. The summed E-state index contributed by atoms with van der Waals surface area (Å²) in [6.45, 7) is 0. The lowest BCUT2D eigenvalue weighted by Crippen LogP contribution is -2.20. The maximum atomic E-state index is 12.0. The van der Waals surface area contributed by atoms with Crippen LogP contribution >= 0.6 is 46.4 Å². The predicted molar refractivity (Wildman–Crippen MR) is 91.9 cm³/mol. The van der Waals surface area contributed by atoms with Crippen molar-refractivity contribution in [2.75, 3.05) is 5.73 Å². The maximum absolute atomic E-state index is 12.0. The summed E-state index contributed by atoms with van der Waals surface area (Å²) in [6.07, 6.45) is 1.32. The number of halogens is 4. The smallest absolute Gasteiger partial charge is 0.291 e. The number of carbonyl (C=O) groups is 1. The third-order valence-corrected chi connectivity index (χ3v) is 4.08. The molecule has 4 N–H and O–H groups in total. The minimum absolute atomic E-state index is 0.0320. The molecular weight excluding hydrogens is 386 g/mol. The van der Waals surface area contributed by atoms with Crippen LogP contribution in [0.15, 0.2) is 23.3 Å². The molecule has 0 aliphatic rings. The van der Waals surface area contributed by atoms with Gasteiger partial charge in [-0.3, -0.25) is 4.79 Å². The van der Waals surface area contributed by atoms with E-state index in [0.717, 1.165) is 0 Å². The molecule has 0 aliphatic heterocycles. The van der Waals surface area contributed by atoms with Crippen molar-refractivity contribution in [1.82, 2.24) is 10.4 Å². The van der Waals surface area contributed by atoms with E-state index in [9.17, 15) is 9.90 Å². The highest BCUT2D eigenvalue weighted by Gasteiger charge is 2.19. The second-order valence-electron chi connectivity index (χ2n) is 4.20. The van der Waals surface area contributed by atoms with Crippen LogP contribution in [0.5, 0.6) is 5.75 Å². The van der Waals surface area contributed by atoms with E-state index < -0.39 is 5.91 Å². The second kappa shape index (κ2) is 7.23. The molecule has 0 saturated carbocycles. The van der Waals surface area contributed by atoms with E-state index in [1.165, 1.54) is 18.3 Å². The van der Waals surface area contributed by atoms with Crippen molar-refractivity contribution in [3.63, 3.8) is 0 Å². The van der Waals surface area contributed by atoms with Crippen molar-refractivity contribution in [2.45, 2.75) is 0 Å². The van der Waals surface area contributed by atoms with E-state index in [4.69, 9.17) is 52.1 Å². The van der Waals surface area contributed by atoms with Crippen molar-refractivity contribution in [3.05, 3.63) is 49.7 Å². The van der Waals surface area contributed by atoms with Crippen molar-refractivity contribution in [1.29, 1.82) is 0 Å². The van der Waals surface area contributed by atoms with Gasteiger partial charge in [-0.1, -0.05) is 46.4 Å². The van der Waals surface area contributed by atoms with Gasteiger partial charge in [0.05, 0.1) is 21.9 Å². The minimum atomic E-state index is -0.721. The average Bonchev–Trinajstić information content (AvgIpc) is 2.52. The summed E-state index contributed by atoms with van der Waals surface area (Å²) in [6, 6.07) is 4.41. The number of phenols is 1. The monoisotopic (exact) mass is 392 g/mol. The molecule has 1 aromatic heterocycles. The fourth-order valence-corrected chi connectivity index (χ4v) is 2.29. The van der Waals surface area contributed by atoms with Crippen molar-refractivity contribution >= 4 is 64.2 Å². The summed E-state index contributed by atoms with van der Waals surface area (Å²) in [7, 11) is 0. The van der Waals surface area contributed by atoms with Crippen LogP contribution in [-0.2, 0) is 0 Å². The van der Waals surface area contributed by atoms with Gasteiger partial charge in [-0.25, -0.2) is 10.4 Å². The summed E-state index contributed by atoms with van der Waals surface area (Å²) < 4.78 is 0. The lowest BCUT2D eigenvalue weighted by atomic mass is 10.2. The topological polar surface area (TPSA) is 101 Å². The van der Waals surface area contributed by atoms with E-state index in [0.29, 0.717) is 5.56 Å². The Morgan fingerprint density at radius 2 is 1.96 bits per heavy atom. The lowest BCUT2D eigenvalue weighted by molar-refractivity contribution is 0.0950. The number of phenolic OH excluding ortho intramolecular Hbond substituents is 1. The Morgan fingerprint density at radius 3 is 2.61 bits per heavy atom. The van der Waals surface area contributed by atoms with Gasteiger partial charge >= 0.3 is 0 Å². The number of hydrazone groups is 1. The van der Waals surface area contributed by atoms with Crippen LogP contribution in [0.25, 0.3) is 0 Å². The summed E-state index contributed by atoms with van der Waals surface area (Å²) in [5.74, 6) is -0.781. The Kier molecular flexibility index (Phi) is 5.54. The van der Waals surface area contributed by atoms with E-state index in [1.54, 1.807) is 6.07 Å². The number of carbonyl (C=O) groups excluding carboxylic acids is 1. The predicted octanol–water partition coefficient (Wildman–Crippen LogP) is 3.75. The number of nitrogens with one attached hydrogen (secondary N) is 1. The standard InChI is InChI=1S/C13H8Cl4N4O2/c14-6-3-5(1-2-7(6)22)4-19-21-13(23)11-8(15)10(18)9(16)12(17)20-11/h1-4,22H,(H2,18,20)(H,21,23)/b19-4+. The average molecular weight is 394 g/mol. The number of aromatic hydroxyl groups is 1. The first-order valence-corrected chi connectivity index (χ1v) is 7.44. The molecule has 6 nitrogen and oxygen atoms in total. The van der Waals surface area contributed by atoms with Crippen LogP contribution in [0.2, 0.25) is 20.2 Å². The number of rotatable bonds is 3. The minimum Gasteiger partial charge on any atom is -0.506 e. The number of nitrogens with zero attached hydrogens (tertiary/aromatic N) is 2. The summed E-state index contributed by atoms with van der Waals surface area (Å²) in [4.78, 5) is 15.8. The quantitative estimate of drug-likeness (QED) is 0.420. The van der Waals surface area contributed by atoms with Gasteiger partial charge in [-0.15, -0.1) is 0 Å². The van der Waals surface area contributed by atoms with Crippen molar-refractivity contribution < 1.29 is 9.90 Å². The molecule has 2 aromatic rings. The van der Waals surface area contributed by atoms with E-state index in [2.05, 4.69) is 15.5 Å². The van der Waals surface area contributed by atoms with Crippen molar-refractivity contribution in [3.8, 4) is 5.75 Å². The Hall–Kier alpha value is -1.73. The molecule has 0 radical (unpaired) electrons. The van der Waals surface area contributed by atoms with Crippen LogP contribution in [0.4, 0.5) is 5.69 Å². The second-order valence-corrected chi connectivity index (χ2v) is 5.72. The molecule has 1 amide bonds. The van der Waals surface area contributed by atoms with Crippen LogP contribution in [0.1, 0.15) is 16.1 Å². The number of hydrogen-bond donors (Lipinski definition) is 3. The SMILES string of the molecule is Nc1c(Cl)c(Cl)nc(C(=O)N/N=C/c2ccc(O)c(Cl)c2)c1Cl. The Labute approximate surface area is 150 Å². The third kappa shape index (κ3) is 3.97. The van der Waals surface area contributed by atoms with Gasteiger partial charge in [0, 0.05) is 0 Å². The summed E-state index contributed by atoms with van der Waals surface area (Å²) >= 11 is 23.2. The first-order chi connectivity index (χ1) is 10.8. The largest absolute Gasteiger partial charge is 0.506 e. The molecular formula is C13H8Cl4N4O2. The number of nitrogens with two attached hydrogens (primary N) is 1. The summed E-state index contributed by atoms with van der Waals surface area (Å²) in [5.41, 5.74) is 8.14. The van der Waals surface area contributed by atoms with Gasteiger partial charge in [0.15, 0.2) is 10.8 Å². The molecule has 0 spiro atoms. The molecule has 0 fully saturated rings. The van der Waals surface area contributed by atoms with E-state index >= 15 is 0 Å². The number of anilines is 1. The number of amides is 1. The molecule has 0 aliphatic carbocycles. The van der Waals surface area contributed by atoms with E-state index in [-0.39, 0.29) is 37.4 Å².